The topological polar surface area (TPSA) is 9.23 Å². The lowest BCUT2D eigenvalue weighted by atomic mass is 10.1. The quantitative estimate of drug-likeness (QED) is 0.571. The fraction of sp³-hybridized carbons (Fsp3) is 0.231. The summed E-state index contributed by atoms with van der Waals surface area (Å²) in [5.74, 6) is 0.811. The number of rotatable bonds is 3. The van der Waals surface area contributed by atoms with Crippen LogP contribution in [0.1, 0.15) is 21.4 Å². The Labute approximate surface area is 132 Å². The number of aryl methyl sites for hydroxylation is 1. The summed E-state index contributed by atoms with van der Waals surface area (Å²) in [6.07, 6.45) is 0. The Morgan fingerprint density at radius 1 is 1.28 bits per heavy atom. The molecule has 0 aliphatic carbocycles. The van der Waals surface area contributed by atoms with Crippen LogP contribution < -0.4 is 4.74 Å². The smallest absolute Gasteiger partial charge is 0.133 e. The van der Waals surface area contributed by atoms with Crippen molar-refractivity contribution in [1.29, 1.82) is 0 Å². The molecule has 0 saturated heterocycles. The summed E-state index contributed by atoms with van der Waals surface area (Å²) in [5.41, 5.74) is 2.20. The van der Waals surface area contributed by atoms with Crippen LogP contribution in [-0.4, -0.2) is 7.11 Å². The van der Waals surface area contributed by atoms with Crippen LogP contribution in [0.5, 0.6) is 5.75 Å². The van der Waals surface area contributed by atoms with Crippen LogP contribution >= 0.6 is 54.8 Å². The fourth-order valence-corrected chi connectivity index (χ4v) is 4.46. The van der Waals surface area contributed by atoms with Crippen LogP contribution in [0.3, 0.4) is 0 Å². The van der Waals surface area contributed by atoms with Crippen molar-refractivity contribution >= 4 is 54.8 Å². The maximum atomic E-state index is 6.54. The molecule has 96 valence electrons. The van der Waals surface area contributed by atoms with E-state index in [1.807, 2.05) is 18.2 Å². The van der Waals surface area contributed by atoms with E-state index in [1.165, 1.54) is 4.88 Å². The first kappa shape index (κ1) is 14.4. The Balaban J connectivity index is 2.37. The van der Waals surface area contributed by atoms with Gasteiger partial charge in [-0.25, -0.2) is 0 Å². The van der Waals surface area contributed by atoms with E-state index in [0.29, 0.717) is 0 Å². The van der Waals surface area contributed by atoms with Gasteiger partial charge in [0.15, 0.2) is 0 Å². The van der Waals surface area contributed by atoms with Gasteiger partial charge in [0, 0.05) is 4.88 Å². The molecule has 2 rings (SSSR count). The van der Waals surface area contributed by atoms with Crippen LogP contribution in [0, 0.1) is 6.92 Å². The Kier molecular flexibility index (Phi) is 4.75. The molecular weight excluding hydrogens is 399 g/mol. The van der Waals surface area contributed by atoms with Gasteiger partial charge in [-0.1, -0.05) is 6.07 Å². The van der Waals surface area contributed by atoms with Crippen LogP contribution in [0.4, 0.5) is 0 Å². The molecule has 5 heteroatoms. The van der Waals surface area contributed by atoms with Gasteiger partial charge in [0.25, 0.3) is 0 Å². The van der Waals surface area contributed by atoms with Gasteiger partial charge in [0.1, 0.15) is 5.75 Å². The largest absolute Gasteiger partial charge is 0.496 e. The Bertz CT molecular complexity index is 568. The van der Waals surface area contributed by atoms with Crippen molar-refractivity contribution in [2.75, 3.05) is 7.11 Å². The van der Waals surface area contributed by atoms with E-state index >= 15 is 0 Å². The molecule has 0 aliphatic heterocycles. The van der Waals surface area contributed by atoms with E-state index < -0.39 is 0 Å². The number of thiophene rings is 1. The minimum Gasteiger partial charge on any atom is -0.496 e. The number of halogens is 3. The summed E-state index contributed by atoms with van der Waals surface area (Å²) in [6, 6.07) is 8.00. The highest BCUT2D eigenvalue weighted by Crippen LogP contribution is 2.39. The minimum absolute atomic E-state index is 0.144. The van der Waals surface area contributed by atoms with Crippen LogP contribution in [-0.2, 0) is 0 Å². The Morgan fingerprint density at radius 3 is 2.50 bits per heavy atom. The zero-order valence-corrected chi connectivity index (χ0v) is 14.6. The molecule has 0 radical (unpaired) electrons. The average molecular weight is 411 g/mol. The van der Waals surface area contributed by atoms with E-state index in [0.717, 1.165) is 25.1 Å². The monoisotopic (exact) mass is 408 g/mol. The summed E-state index contributed by atoms with van der Waals surface area (Å²) in [4.78, 5) is 1.23. The number of methoxy groups -OCH3 is 1. The number of benzene rings is 1. The highest BCUT2D eigenvalue weighted by Gasteiger charge is 2.17. The molecule has 0 bridgehead atoms. The summed E-state index contributed by atoms with van der Waals surface area (Å²) in [7, 11) is 1.65. The molecule has 0 N–H and O–H groups in total. The van der Waals surface area contributed by atoms with Gasteiger partial charge in [-0.15, -0.1) is 22.9 Å². The highest BCUT2D eigenvalue weighted by atomic mass is 79.9. The number of hydrogen-bond acceptors (Lipinski definition) is 2. The molecular formula is C13H11Br2ClOS. The predicted octanol–water partition coefficient (Wildman–Crippen LogP) is 5.92. The summed E-state index contributed by atoms with van der Waals surface area (Å²) in [6.45, 7) is 2.08. The first-order valence-electron chi connectivity index (χ1n) is 5.26. The molecule has 1 aromatic carbocycles. The second-order valence-corrected chi connectivity index (χ2v) is 7.74. The fourth-order valence-electron chi connectivity index (χ4n) is 1.73. The third kappa shape index (κ3) is 2.93. The number of ether oxygens (including phenoxy) is 1. The number of alkyl halides is 1. The van der Waals surface area contributed by atoms with E-state index in [9.17, 15) is 0 Å². The predicted molar refractivity (Wildman–Crippen MR) is 85.1 cm³/mol. The molecule has 0 saturated carbocycles. The van der Waals surface area contributed by atoms with Crippen molar-refractivity contribution in [2.45, 2.75) is 12.3 Å². The van der Waals surface area contributed by atoms with Gasteiger partial charge in [0.2, 0.25) is 0 Å². The highest BCUT2D eigenvalue weighted by molar-refractivity contribution is 9.11. The molecule has 1 atom stereocenters. The minimum atomic E-state index is -0.144. The van der Waals surface area contributed by atoms with Crippen molar-refractivity contribution in [2.24, 2.45) is 0 Å². The standard InChI is InChI=1S/C13H11Br2ClOS/c1-7-9(6-12(15)18-7)13(16)8-3-4-11(17-2)10(14)5-8/h3-6,13H,1-2H3. The lowest BCUT2D eigenvalue weighted by Gasteiger charge is -2.12. The lowest BCUT2D eigenvalue weighted by molar-refractivity contribution is 0.412. The summed E-state index contributed by atoms with van der Waals surface area (Å²) < 4.78 is 7.24. The third-order valence-electron chi connectivity index (χ3n) is 2.67. The normalized spacial score (nSPS) is 12.5. The maximum Gasteiger partial charge on any atom is 0.133 e. The van der Waals surface area contributed by atoms with E-state index in [-0.39, 0.29) is 5.38 Å². The van der Waals surface area contributed by atoms with Crippen LogP contribution in [0.15, 0.2) is 32.5 Å². The molecule has 2 aromatic rings. The summed E-state index contributed by atoms with van der Waals surface area (Å²) in [5, 5.41) is -0.144. The van der Waals surface area contributed by atoms with Crippen molar-refractivity contribution in [3.05, 3.63) is 48.5 Å². The zero-order valence-electron chi connectivity index (χ0n) is 9.84. The number of hydrogen-bond donors (Lipinski definition) is 0. The molecule has 1 aromatic heterocycles. The molecule has 0 fully saturated rings. The Hall–Kier alpha value is -0.0300. The van der Waals surface area contributed by atoms with Crippen LogP contribution in [0.2, 0.25) is 0 Å². The average Bonchev–Trinajstić information content (AvgIpc) is 2.67. The van der Waals surface area contributed by atoms with Gasteiger partial charge >= 0.3 is 0 Å². The van der Waals surface area contributed by atoms with Crippen molar-refractivity contribution in [3.63, 3.8) is 0 Å². The van der Waals surface area contributed by atoms with Gasteiger partial charge in [-0.2, -0.15) is 0 Å². The first-order chi connectivity index (χ1) is 8.52. The molecule has 0 spiro atoms. The van der Waals surface area contributed by atoms with Gasteiger partial charge in [-0.05, 0) is 68.1 Å². The molecule has 18 heavy (non-hydrogen) atoms. The Morgan fingerprint density at radius 2 is 2.00 bits per heavy atom. The molecule has 1 unspecified atom stereocenters. The van der Waals surface area contributed by atoms with Crippen molar-refractivity contribution < 1.29 is 4.74 Å². The van der Waals surface area contributed by atoms with Crippen LogP contribution in [0.25, 0.3) is 0 Å². The summed E-state index contributed by atoms with van der Waals surface area (Å²) >= 11 is 15.2. The second kappa shape index (κ2) is 5.95. The van der Waals surface area contributed by atoms with Crippen molar-refractivity contribution in [3.8, 4) is 5.75 Å². The molecule has 0 aliphatic rings. The van der Waals surface area contributed by atoms with Gasteiger partial charge in [-0.3, -0.25) is 0 Å². The molecule has 1 nitrogen and oxygen atoms in total. The maximum absolute atomic E-state index is 6.54. The zero-order chi connectivity index (χ0) is 13.3. The molecule has 1 heterocycles. The van der Waals surface area contributed by atoms with Crippen molar-refractivity contribution in [1.82, 2.24) is 0 Å². The second-order valence-electron chi connectivity index (χ2n) is 3.82. The van der Waals surface area contributed by atoms with E-state index in [4.69, 9.17) is 16.3 Å². The van der Waals surface area contributed by atoms with Gasteiger partial charge in [0.05, 0.1) is 20.7 Å². The molecule has 0 amide bonds. The van der Waals surface area contributed by atoms with E-state index in [2.05, 4.69) is 44.8 Å². The van der Waals surface area contributed by atoms with Gasteiger partial charge < -0.3 is 4.74 Å². The SMILES string of the molecule is COc1ccc(C(Cl)c2cc(Br)sc2C)cc1Br. The lowest BCUT2D eigenvalue weighted by Crippen LogP contribution is -1.94. The first-order valence-corrected chi connectivity index (χ1v) is 8.10. The third-order valence-corrected chi connectivity index (χ3v) is 5.34. The van der Waals surface area contributed by atoms with E-state index in [1.54, 1.807) is 18.4 Å².